The molecule has 92 valence electrons. The van der Waals surface area contributed by atoms with E-state index in [2.05, 4.69) is 4.74 Å². The second kappa shape index (κ2) is 5.13. The lowest BCUT2D eigenvalue weighted by Gasteiger charge is -2.13. The molecule has 0 amide bonds. The largest absolute Gasteiger partial charge is 0.469 e. The third-order valence-corrected chi connectivity index (χ3v) is 3.31. The van der Waals surface area contributed by atoms with Gasteiger partial charge in [0.1, 0.15) is 6.42 Å². The summed E-state index contributed by atoms with van der Waals surface area (Å²) in [6, 6.07) is 1.85. The summed E-state index contributed by atoms with van der Waals surface area (Å²) in [6.07, 6.45) is -0.195. The third-order valence-electron chi connectivity index (χ3n) is 3.31. The molecule has 0 saturated carbocycles. The zero-order valence-corrected chi connectivity index (χ0v) is 11.0. The molecule has 0 aliphatic carbocycles. The predicted molar refractivity (Wildman–Crippen MR) is 66.4 cm³/mol. The second-order valence-electron chi connectivity index (χ2n) is 4.29. The number of hydrogen-bond acceptors (Lipinski definition) is 3. The maximum absolute atomic E-state index is 11.9. The van der Waals surface area contributed by atoms with Crippen LogP contribution in [0.3, 0.4) is 0 Å². The van der Waals surface area contributed by atoms with Crippen LogP contribution in [0.15, 0.2) is 6.07 Å². The zero-order chi connectivity index (χ0) is 13.2. The monoisotopic (exact) mass is 234 g/mol. The van der Waals surface area contributed by atoms with Crippen LogP contribution in [0.1, 0.15) is 39.0 Å². The van der Waals surface area contributed by atoms with Crippen molar-refractivity contribution in [3.8, 4) is 0 Å². The number of esters is 1. The quantitative estimate of drug-likeness (QED) is 0.459. The molecule has 3 nitrogen and oxygen atoms in total. The average Bonchev–Trinajstić information content (AvgIpc) is 2.30. The average molecular weight is 234 g/mol. The minimum atomic E-state index is -0.495. The van der Waals surface area contributed by atoms with Crippen molar-refractivity contribution in [1.29, 1.82) is 0 Å². The Bertz CT molecular complexity index is 473. The smallest absolute Gasteiger partial charge is 0.313 e. The highest BCUT2D eigenvalue weighted by atomic mass is 16.5. The van der Waals surface area contributed by atoms with Crippen molar-refractivity contribution < 1.29 is 14.3 Å². The number of carbonyl (C=O) groups excluding carboxylic acids is 2. The molecule has 0 aliphatic rings. The second-order valence-corrected chi connectivity index (χ2v) is 4.29. The van der Waals surface area contributed by atoms with E-state index in [1.165, 1.54) is 12.7 Å². The Balaban J connectivity index is 3.15. The molecular formula is C14H18O3. The van der Waals surface area contributed by atoms with Crippen LogP contribution in [0.25, 0.3) is 0 Å². The fourth-order valence-corrected chi connectivity index (χ4v) is 1.80. The van der Waals surface area contributed by atoms with Gasteiger partial charge in [-0.1, -0.05) is 0 Å². The molecule has 1 rings (SSSR count). The lowest BCUT2D eigenvalue weighted by molar-refractivity contribution is -0.139. The van der Waals surface area contributed by atoms with E-state index >= 15 is 0 Å². The van der Waals surface area contributed by atoms with Crippen LogP contribution in [0, 0.1) is 27.7 Å². The maximum atomic E-state index is 11.9. The van der Waals surface area contributed by atoms with Crippen molar-refractivity contribution in [2.45, 2.75) is 34.1 Å². The van der Waals surface area contributed by atoms with Crippen molar-refractivity contribution in [3.63, 3.8) is 0 Å². The number of carbonyl (C=O) groups is 2. The summed E-state index contributed by atoms with van der Waals surface area (Å²) >= 11 is 0. The summed E-state index contributed by atoms with van der Waals surface area (Å²) in [7, 11) is 1.29. The normalized spacial score (nSPS) is 10.2. The molecule has 1 aromatic carbocycles. The molecule has 0 saturated heterocycles. The minimum absolute atomic E-state index is 0.180. The molecule has 0 heterocycles. The molecule has 0 unspecified atom stereocenters. The van der Waals surface area contributed by atoms with Crippen LogP contribution < -0.4 is 0 Å². The van der Waals surface area contributed by atoms with E-state index in [9.17, 15) is 9.59 Å². The summed E-state index contributed by atoms with van der Waals surface area (Å²) in [6.45, 7) is 7.90. The molecule has 0 radical (unpaired) electrons. The van der Waals surface area contributed by atoms with Crippen molar-refractivity contribution in [3.05, 3.63) is 33.9 Å². The van der Waals surface area contributed by atoms with E-state index in [-0.39, 0.29) is 12.2 Å². The fourth-order valence-electron chi connectivity index (χ4n) is 1.80. The lowest BCUT2D eigenvalue weighted by Crippen LogP contribution is -2.12. The number of benzene rings is 1. The van der Waals surface area contributed by atoms with Crippen LogP contribution >= 0.6 is 0 Å². The molecule has 0 N–H and O–H groups in total. The van der Waals surface area contributed by atoms with E-state index < -0.39 is 5.97 Å². The summed E-state index contributed by atoms with van der Waals surface area (Å²) in [5, 5.41) is 0. The van der Waals surface area contributed by atoms with Gasteiger partial charge in [0.05, 0.1) is 7.11 Å². The van der Waals surface area contributed by atoms with Crippen LogP contribution in [0.2, 0.25) is 0 Å². The van der Waals surface area contributed by atoms with E-state index in [4.69, 9.17) is 0 Å². The number of ether oxygens (including phenoxy) is 1. The van der Waals surface area contributed by atoms with E-state index in [1.54, 1.807) is 0 Å². The lowest BCUT2D eigenvalue weighted by atomic mass is 9.92. The molecule has 0 atom stereocenters. The number of Topliss-reactive ketones (excluding diaryl/α,β-unsaturated/α-hetero) is 1. The van der Waals surface area contributed by atoms with Gasteiger partial charge in [-0.05, 0) is 56.0 Å². The van der Waals surface area contributed by atoms with Gasteiger partial charge in [-0.3, -0.25) is 9.59 Å². The number of aryl methyl sites for hydroxylation is 1. The highest BCUT2D eigenvalue weighted by Gasteiger charge is 2.16. The van der Waals surface area contributed by atoms with Gasteiger partial charge in [-0.25, -0.2) is 0 Å². The number of methoxy groups -OCH3 is 1. The number of rotatable bonds is 3. The van der Waals surface area contributed by atoms with Crippen molar-refractivity contribution >= 4 is 11.8 Å². The Morgan fingerprint density at radius 2 is 1.65 bits per heavy atom. The first kappa shape index (κ1) is 13.4. The first-order valence-electron chi connectivity index (χ1n) is 5.56. The minimum Gasteiger partial charge on any atom is -0.469 e. The Morgan fingerprint density at radius 3 is 2.18 bits per heavy atom. The molecule has 0 aromatic heterocycles. The van der Waals surface area contributed by atoms with Gasteiger partial charge in [0.15, 0.2) is 5.78 Å². The number of ketones is 1. The third kappa shape index (κ3) is 2.73. The molecule has 3 heteroatoms. The van der Waals surface area contributed by atoms with Gasteiger partial charge >= 0.3 is 5.97 Å². The van der Waals surface area contributed by atoms with Crippen LogP contribution in [0.5, 0.6) is 0 Å². The van der Waals surface area contributed by atoms with Crippen molar-refractivity contribution in [2.24, 2.45) is 0 Å². The molecule has 0 aliphatic heterocycles. The molecule has 0 bridgehead atoms. The van der Waals surface area contributed by atoms with E-state index in [0.29, 0.717) is 5.56 Å². The van der Waals surface area contributed by atoms with Crippen LogP contribution in [-0.4, -0.2) is 18.9 Å². The van der Waals surface area contributed by atoms with Gasteiger partial charge in [0, 0.05) is 5.56 Å². The van der Waals surface area contributed by atoms with Gasteiger partial charge in [0.25, 0.3) is 0 Å². The predicted octanol–water partition coefficient (Wildman–Crippen LogP) is 2.67. The molecule has 0 spiro atoms. The summed E-state index contributed by atoms with van der Waals surface area (Å²) in [5.41, 5.74) is 4.94. The Labute approximate surface area is 102 Å². The Hall–Kier alpha value is -1.64. The first-order chi connectivity index (χ1) is 7.88. The molecule has 0 fully saturated rings. The fraction of sp³-hybridized carbons (Fsp3) is 0.429. The summed E-state index contributed by atoms with van der Waals surface area (Å²) in [5.74, 6) is -0.675. The van der Waals surface area contributed by atoms with E-state index in [0.717, 1.165) is 16.7 Å². The van der Waals surface area contributed by atoms with Crippen molar-refractivity contribution in [1.82, 2.24) is 0 Å². The van der Waals surface area contributed by atoms with Gasteiger partial charge < -0.3 is 4.74 Å². The highest BCUT2D eigenvalue weighted by molar-refractivity contribution is 6.07. The number of hydrogen-bond donors (Lipinski definition) is 0. The summed E-state index contributed by atoms with van der Waals surface area (Å²) in [4.78, 5) is 23.1. The van der Waals surface area contributed by atoms with Gasteiger partial charge in [-0.2, -0.15) is 0 Å². The Morgan fingerprint density at radius 1 is 1.06 bits per heavy atom. The molecule has 1 aromatic rings. The SMILES string of the molecule is COC(=O)CC(=O)c1cc(C)c(C)c(C)c1C. The standard InChI is InChI=1S/C14H18O3/c1-8-6-12(11(4)10(3)9(8)2)13(15)7-14(16)17-5/h6H,7H2,1-5H3. The van der Waals surface area contributed by atoms with Crippen molar-refractivity contribution in [2.75, 3.05) is 7.11 Å². The van der Waals surface area contributed by atoms with Crippen LogP contribution in [-0.2, 0) is 9.53 Å². The molecule has 17 heavy (non-hydrogen) atoms. The maximum Gasteiger partial charge on any atom is 0.313 e. The summed E-state index contributed by atoms with van der Waals surface area (Å²) < 4.78 is 4.51. The zero-order valence-electron chi connectivity index (χ0n) is 11.0. The highest BCUT2D eigenvalue weighted by Crippen LogP contribution is 2.22. The topological polar surface area (TPSA) is 43.4 Å². The van der Waals surface area contributed by atoms with Gasteiger partial charge in [-0.15, -0.1) is 0 Å². The van der Waals surface area contributed by atoms with Crippen LogP contribution in [0.4, 0.5) is 0 Å². The first-order valence-corrected chi connectivity index (χ1v) is 5.56. The molecular weight excluding hydrogens is 216 g/mol. The van der Waals surface area contributed by atoms with Gasteiger partial charge in [0.2, 0.25) is 0 Å². The van der Waals surface area contributed by atoms with E-state index in [1.807, 2.05) is 33.8 Å². The Kier molecular flexibility index (Phi) is 4.05.